The Morgan fingerprint density at radius 2 is 2.16 bits per heavy atom. The highest BCUT2D eigenvalue weighted by Gasteiger charge is 2.25. The second-order valence-electron chi connectivity index (χ2n) is 6.46. The van der Waals surface area contributed by atoms with Crippen LogP contribution in [0, 0.1) is 11.2 Å². The zero-order valence-corrected chi connectivity index (χ0v) is 13.5. The van der Waals surface area contributed by atoms with E-state index < -0.39 is 0 Å². The zero-order valence-electron chi connectivity index (χ0n) is 11.9. The molecule has 0 fully saturated rings. The van der Waals surface area contributed by atoms with Gasteiger partial charge < -0.3 is 4.74 Å². The number of halogens is 2. The van der Waals surface area contributed by atoms with Gasteiger partial charge in [-0.15, -0.1) is 0 Å². The molecule has 3 heteroatoms. The van der Waals surface area contributed by atoms with Gasteiger partial charge in [0.05, 0.1) is 0 Å². The maximum atomic E-state index is 13.1. The van der Waals surface area contributed by atoms with Crippen molar-refractivity contribution in [2.45, 2.75) is 57.4 Å². The smallest absolute Gasteiger partial charge is 0.123 e. The van der Waals surface area contributed by atoms with Gasteiger partial charge in [-0.25, -0.2) is 4.39 Å². The third-order valence-corrected chi connectivity index (χ3v) is 5.52. The molecule has 0 N–H and O–H groups in total. The highest BCUT2D eigenvalue weighted by Crippen LogP contribution is 2.33. The number of ether oxygens (including phenoxy) is 1. The minimum Gasteiger partial charge on any atom is -0.490 e. The van der Waals surface area contributed by atoms with Crippen LogP contribution in [0.1, 0.15) is 45.6 Å². The predicted molar refractivity (Wildman–Crippen MR) is 80.5 cm³/mol. The van der Waals surface area contributed by atoms with Gasteiger partial charge in [-0.1, -0.05) is 36.7 Å². The first-order chi connectivity index (χ1) is 8.86. The van der Waals surface area contributed by atoms with Crippen LogP contribution in [0.4, 0.5) is 4.39 Å². The van der Waals surface area contributed by atoms with Crippen molar-refractivity contribution in [3.05, 3.63) is 29.6 Å². The Balaban J connectivity index is 1.78. The van der Waals surface area contributed by atoms with Crippen molar-refractivity contribution in [1.29, 1.82) is 0 Å². The summed E-state index contributed by atoms with van der Waals surface area (Å²) in [7, 11) is 0. The van der Waals surface area contributed by atoms with Gasteiger partial charge in [0.25, 0.3) is 0 Å². The largest absolute Gasteiger partial charge is 0.490 e. The predicted octanol–water partition coefficient (Wildman–Crippen LogP) is 5.11. The van der Waals surface area contributed by atoms with Crippen molar-refractivity contribution >= 4 is 15.9 Å². The van der Waals surface area contributed by atoms with E-state index in [2.05, 4.69) is 36.7 Å². The van der Waals surface area contributed by atoms with E-state index >= 15 is 0 Å². The molecule has 106 valence electrons. The van der Waals surface area contributed by atoms with E-state index in [9.17, 15) is 4.39 Å². The molecule has 1 nitrogen and oxygen atoms in total. The van der Waals surface area contributed by atoms with Crippen LogP contribution >= 0.6 is 15.9 Å². The van der Waals surface area contributed by atoms with Crippen LogP contribution in [0.25, 0.3) is 0 Å². The van der Waals surface area contributed by atoms with Crippen LogP contribution in [0.3, 0.4) is 0 Å². The minimum atomic E-state index is -0.170. The number of rotatable bonds is 4. The average molecular weight is 329 g/mol. The lowest BCUT2D eigenvalue weighted by molar-refractivity contribution is 0.214. The van der Waals surface area contributed by atoms with Gasteiger partial charge in [-0.05, 0) is 42.9 Å². The fourth-order valence-corrected chi connectivity index (χ4v) is 2.73. The summed E-state index contributed by atoms with van der Waals surface area (Å²) in [5, 5.41) is 0. The molecule has 2 rings (SSSR count). The Labute approximate surface area is 123 Å². The molecule has 0 aliphatic carbocycles. The average Bonchev–Trinajstić information content (AvgIpc) is 2.69. The van der Waals surface area contributed by atoms with Crippen molar-refractivity contribution in [1.82, 2.24) is 0 Å². The monoisotopic (exact) mass is 328 g/mol. The molecule has 0 amide bonds. The molecule has 2 unspecified atom stereocenters. The molecule has 0 aromatic heterocycles. The minimum absolute atomic E-state index is 0.170. The molecule has 1 aliphatic rings. The fourth-order valence-electron chi connectivity index (χ4n) is 2.41. The first-order valence-electron chi connectivity index (χ1n) is 6.95. The zero-order chi connectivity index (χ0) is 14.0. The number of fused-ring (bicyclic) bond motifs is 1. The Hall–Kier alpha value is -0.570. The van der Waals surface area contributed by atoms with Crippen molar-refractivity contribution in [3.63, 3.8) is 0 Å². The highest BCUT2D eigenvalue weighted by atomic mass is 79.9. The van der Waals surface area contributed by atoms with E-state index in [-0.39, 0.29) is 11.9 Å². The van der Waals surface area contributed by atoms with E-state index in [1.165, 1.54) is 6.07 Å². The second-order valence-corrected chi connectivity index (χ2v) is 7.57. The summed E-state index contributed by atoms with van der Waals surface area (Å²) in [6.45, 7) is 6.74. The Bertz CT molecular complexity index is 439. The summed E-state index contributed by atoms with van der Waals surface area (Å²) < 4.78 is 19.0. The van der Waals surface area contributed by atoms with Gasteiger partial charge in [0.1, 0.15) is 17.7 Å². The van der Waals surface area contributed by atoms with Crippen molar-refractivity contribution in [2.24, 2.45) is 5.41 Å². The molecule has 1 aliphatic heterocycles. The standard InChI is InChI=1S/C16H22BrFO/c1-16(2,3)15(17)6-4-5-13-10-11-9-12(18)7-8-14(11)19-13/h7-9,13,15H,4-6,10H2,1-3H3. The number of alkyl halides is 1. The lowest BCUT2D eigenvalue weighted by Crippen LogP contribution is -2.21. The second kappa shape index (κ2) is 5.82. The quantitative estimate of drug-likeness (QED) is 0.698. The van der Waals surface area contributed by atoms with Gasteiger partial charge in [0.15, 0.2) is 0 Å². The van der Waals surface area contributed by atoms with Crippen LogP contribution < -0.4 is 4.74 Å². The van der Waals surface area contributed by atoms with E-state index in [0.29, 0.717) is 10.2 Å². The van der Waals surface area contributed by atoms with Crippen LogP contribution in [0.5, 0.6) is 5.75 Å². The molecule has 1 aromatic rings. The van der Waals surface area contributed by atoms with Crippen molar-refractivity contribution in [3.8, 4) is 5.75 Å². The van der Waals surface area contributed by atoms with Crippen molar-refractivity contribution in [2.75, 3.05) is 0 Å². The van der Waals surface area contributed by atoms with Gasteiger partial charge in [-0.3, -0.25) is 0 Å². The number of hydrogen-bond acceptors (Lipinski definition) is 1. The topological polar surface area (TPSA) is 9.23 Å². The Kier molecular flexibility index (Phi) is 4.54. The lowest BCUT2D eigenvalue weighted by atomic mass is 9.89. The molecule has 0 radical (unpaired) electrons. The molecule has 2 atom stereocenters. The molecule has 1 heterocycles. The summed E-state index contributed by atoms with van der Waals surface area (Å²) in [6, 6.07) is 4.81. The van der Waals surface area contributed by atoms with Crippen molar-refractivity contribution < 1.29 is 9.13 Å². The molecule has 0 saturated carbocycles. The summed E-state index contributed by atoms with van der Waals surface area (Å²) in [6.07, 6.45) is 4.38. The third-order valence-electron chi connectivity index (χ3n) is 3.69. The molecule has 0 spiro atoms. The maximum absolute atomic E-state index is 13.1. The first-order valence-corrected chi connectivity index (χ1v) is 7.87. The third kappa shape index (κ3) is 3.95. The highest BCUT2D eigenvalue weighted by molar-refractivity contribution is 9.09. The molecule has 1 aromatic carbocycles. The van der Waals surface area contributed by atoms with Crippen LogP contribution in [-0.4, -0.2) is 10.9 Å². The summed E-state index contributed by atoms with van der Waals surface area (Å²) in [5.74, 6) is 0.689. The van der Waals surface area contributed by atoms with Gasteiger partial charge in [-0.2, -0.15) is 0 Å². The number of hydrogen-bond donors (Lipinski definition) is 0. The van der Waals surface area contributed by atoms with E-state index in [0.717, 1.165) is 37.0 Å². The molecule has 19 heavy (non-hydrogen) atoms. The lowest BCUT2D eigenvalue weighted by Gasteiger charge is -2.25. The first kappa shape index (κ1) is 14.8. The Morgan fingerprint density at radius 1 is 1.42 bits per heavy atom. The van der Waals surface area contributed by atoms with E-state index in [1.807, 2.05) is 0 Å². The van der Waals surface area contributed by atoms with Crippen LogP contribution in [0.2, 0.25) is 0 Å². The molecule has 0 bridgehead atoms. The molecular formula is C16H22BrFO. The summed E-state index contributed by atoms with van der Waals surface area (Å²) >= 11 is 3.76. The molecule has 0 saturated heterocycles. The summed E-state index contributed by atoms with van der Waals surface area (Å²) in [5.41, 5.74) is 1.30. The van der Waals surface area contributed by atoms with E-state index in [1.54, 1.807) is 12.1 Å². The van der Waals surface area contributed by atoms with Crippen LogP contribution in [-0.2, 0) is 6.42 Å². The van der Waals surface area contributed by atoms with Gasteiger partial charge in [0.2, 0.25) is 0 Å². The Morgan fingerprint density at radius 3 is 2.84 bits per heavy atom. The number of benzene rings is 1. The summed E-state index contributed by atoms with van der Waals surface area (Å²) in [4.78, 5) is 0.529. The fraction of sp³-hybridized carbons (Fsp3) is 0.625. The molecular weight excluding hydrogens is 307 g/mol. The normalized spacial score (nSPS) is 19.9. The van der Waals surface area contributed by atoms with Gasteiger partial charge in [0, 0.05) is 16.8 Å². The van der Waals surface area contributed by atoms with Crippen LogP contribution in [0.15, 0.2) is 18.2 Å². The van der Waals surface area contributed by atoms with E-state index in [4.69, 9.17) is 4.74 Å². The SMILES string of the molecule is CC(C)(C)C(Br)CCCC1Cc2cc(F)ccc2O1. The maximum Gasteiger partial charge on any atom is 0.123 e. The van der Waals surface area contributed by atoms with Gasteiger partial charge >= 0.3 is 0 Å².